The van der Waals surface area contributed by atoms with Crippen LogP contribution in [0.5, 0.6) is 5.75 Å². The number of carbonyl (C=O) groups excluding carboxylic acids is 1. The van der Waals surface area contributed by atoms with Gasteiger partial charge < -0.3 is 15.4 Å². The largest absolute Gasteiger partial charge is 0.494 e. The number of nitrogens with one attached hydrogen (secondary N) is 2. The Labute approximate surface area is 114 Å². The van der Waals surface area contributed by atoms with Gasteiger partial charge in [0.15, 0.2) is 0 Å². The third-order valence-electron chi connectivity index (χ3n) is 3.62. The van der Waals surface area contributed by atoms with E-state index in [1.54, 1.807) is 0 Å². The first-order valence-electron chi connectivity index (χ1n) is 6.87. The Morgan fingerprint density at radius 3 is 2.84 bits per heavy atom. The van der Waals surface area contributed by atoms with Crippen LogP contribution in [0.3, 0.4) is 0 Å². The summed E-state index contributed by atoms with van der Waals surface area (Å²) < 4.78 is 5.44. The summed E-state index contributed by atoms with van der Waals surface area (Å²) in [5.41, 5.74) is 1.89. The van der Waals surface area contributed by atoms with Gasteiger partial charge in [0.1, 0.15) is 5.75 Å². The summed E-state index contributed by atoms with van der Waals surface area (Å²) in [5, 5.41) is 6.27. The second-order valence-corrected chi connectivity index (χ2v) is 5.14. The highest BCUT2D eigenvalue weighted by Gasteiger charge is 2.29. The Balaban J connectivity index is 2.04. The molecule has 1 aromatic rings. The Morgan fingerprint density at radius 2 is 2.26 bits per heavy atom. The van der Waals surface area contributed by atoms with E-state index >= 15 is 0 Å². The fraction of sp³-hybridized carbons (Fsp3) is 0.533. The van der Waals surface area contributed by atoms with E-state index < -0.39 is 0 Å². The number of benzene rings is 1. The van der Waals surface area contributed by atoms with Crippen LogP contribution in [-0.2, 0) is 4.79 Å². The molecule has 1 aliphatic heterocycles. The number of carbonyl (C=O) groups is 1. The number of anilines is 1. The monoisotopic (exact) mass is 262 g/mol. The second kappa shape index (κ2) is 6.06. The highest BCUT2D eigenvalue weighted by atomic mass is 16.5. The van der Waals surface area contributed by atoms with Crippen molar-refractivity contribution in [1.82, 2.24) is 5.32 Å². The molecule has 4 nitrogen and oxygen atoms in total. The molecule has 19 heavy (non-hydrogen) atoms. The molecule has 1 saturated heterocycles. The predicted molar refractivity (Wildman–Crippen MR) is 76.5 cm³/mol. The summed E-state index contributed by atoms with van der Waals surface area (Å²) in [6.45, 7) is 8.38. The van der Waals surface area contributed by atoms with Gasteiger partial charge in [-0.1, -0.05) is 6.92 Å². The molecule has 0 saturated carbocycles. The van der Waals surface area contributed by atoms with Gasteiger partial charge in [-0.15, -0.1) is 0 Å². The summed E-state index contributed by atoms with van der Waals surface area (Å²) >= 11 is 0. The van der Waals surface area contributed by atoms with E-state index in [1.165, 1.54) is 0 Å². The van der Waals surface area contributed by atoms with Crippen LogP contribution < -0.4 is 15.4 Å². The van der Waals surface area contributed by atoms with Gasteiger partial charge in [0.05, 0.1) is 12.5 Å². The van der Waals surface area contributed by atoms with E-state index in [-0.39, 0.29) is 11.8 Å². The number of hydrogen-bond acceptors (Lipinski definition) is 3. The highest BCUT2D eigenvalue weighted by Crippen LogP contribution is 2.23. The minimum absolute atomic E-state index is 0.0611. The predicted octanol–water partition coefficient (Wildman–Crippen LogP) is 2.19. The molecular weight excluding hydrogens is 240 g/mol. The fourth-order valence-corrected chi connectivity index (χ4v) is 2.42. The summed E-state index contributed by atoms with van der Waals surface area (Å²) in [5.74, 6) is 1.40. The molecule has 2 N–H and O–H groups in total. The van der Waals surface area contributed by atoms with Crippen molar-refractivity contribution in [2.75, 3.05) is 25.0 Å². The SMILES string of the molecule is CCOc1ccc(NC(=O)[C@@H]2CNC[C@H]2C)c(C)c1. The number of ether oxygens (including phenoxy) is 1. The molecule has 2 atom stereocenters. The summed E-state index contributed by atoms with van der Waals surface area (Å²) in [7, 11) is 0. The molecule has 0 aliphatic carbocycles. The van der Waals surface area contributed by atoms with Gasteiger partial charge in [-0.25, -0.2) is 0 Å². The summed E-state index contributed by atoms with van der Waals surface area (Å²) in [4.78, 5) is 12.2. The summed E-state index contributed by atoms with van der Waals surface area (Å²) in [6.07, 6.45) is 0. The van der Waals surface area contributed by atoms with Crippen LogP contribution >= 0.6 is 0 Å². The van der Waals surface area contributed by atoms with Crippen LogP contribution in [0, 0.1) is 18.8 Å². The van der Waals surface area contributed by atoms with Crippen molar-refractivity contribution < 1.29 is 9.53 Å². The lowest BCUT2D eigenvalue weighted by Gasteiger charge is -2.16. The van der Waals surface area contributed by atoms with Crippen LogP contribution in [-0.4, -0.2) is 25.6 Å². The first-order valence-corrected chi connectivity index (χ1v) is 6.87. The average molecular weight is 262 g/mol. The Hall–Kier alpha value is -1.55. The third-order valence-corrected chi connectivity index (χ3v) is 3.62. The zero-order valence-electron chi connectivity index (χ0n) is 11.8. The van der Waals surface area contributed by atoms with Crippen LogP contribution in [0.2, 0.25) is 0 Å². The lowest BCUT2D eigenvalue weighted by Crippen LogP contribution is -2.28. The number of aryl methyl sites for hydroxylation is 1. The Morgan fingerprint density at radius 1 is 1.47 bits per heavy atom. The van der Waals surface area contributed by atoms with Crippen molar-refractivity contribution in [3.63, 3.8) is 0 Å². The van der Waals surface area contributed by atoms with Gasteiger partial charge in [-0.2, -0.15) is 0 Å². The number of rotatable bonds is 4. The minimum atomic E-state index is 0.0611. The van der Waals surface area contributed by atoms with Crippen molar-refractivity contribution in [2.24, 2.45) is 11.8 Å². The highest BCUT2D eigenvalue weighted by molar-refractivity contribution is 5.93. The van der Waals surface area contributed by atoms with Crippen LogP contribution in [0.1, 0.15) is 19.4 Å². The van der Waals surface area contributed by atoms with E-state index in [2.05, 4.69) is 17.6 Å². The molecule has 2 rings (SSSR count). The Bertz CT molecular complexity index is 459. The summed E-state index contributed by atoms with van der Waals surface area (Å²) in [6, 6.07) is 5.75. The first-order chi connectivity index (χ1) is 9.11. The molecule has 1 aromatic carbocycles. The zero-order chi connectivity index (χ0) is 13.8. The standard InChI is InChI=1S/C15H22N2O2/c1-4-19-12-5-6-14(10(2)7-12)17-15(18)13-9-16-8-11(13)3/h5-7,11,13,16H,4,8-9H2,1-3H3,(H,17,18)/t11-,13-/m1/s1. The fourth-order valence-electron chi connectivity index (χ4n) is 2.42. The third kappa shape index (κ3) is 3.26. The molecule has 0 bridgehead atoms. The van der Waals surface area contributed by atoms with E-state index in [0.29, 0.717) is 12.5 Å². The van der Waals surface area contributed by atoms with E-state index in [1.807, 2.05) is 32.0 Å². The van der Waals surface area contributed by atoms with Gasteiger partial charge in [-0.05, 0) is 50.1 Å². The molecular formula is C15H22N2O2. The molecule has 1 amide bonds. The Kier molecular flexibility index (Phi) is 4.43. The van der Waals surface area contributed by atoms with E-state index in [4.69, 9.17) is 4.74 Å². The van der Waals surface area contributed by atoms with Gasteiger partial charge in [0.2, 0.25) is 5.91 Å². The van der Waals surface area contributed by atoms with Gasteiger partial charge in [-0.3, -0.25) is 4.79 Å². The quantitative estimate of drug-likeness (QED) is 0.874. The molecule has 0 spiro atoms. The number of amides is 1. The van der Waals surface area contributed by atoms with Crippen molar-refractivity contribution in [2.45, 2.75) is 20.8 Å². The smallest absolute Gasteiger partial charge is 0.229 e. The van der Waals surface area contributed by atoms with Gasteiger partial charge >= 0.3 is 0 Å². The van der Waals surface area contributed by atoms with Crippen molar-refractivity contribution in [1.29, 1.82) is 0 Å². The molecule has 1 aliphatic rings. The van der Waals surface area contributed by atoms with Crippen molar-refractivity contribution >= 4 is 11.6 Å². The van der Waals surface area contributed by atoms with Crippen molar-refractivity contribution in [3.8, 4) is 5.75 Å². The van der Waals surface area contributed by atoms with Gasteiger partial charge in [0, 0.05) is 12.2 Å². The first kappa shape index (κ1) is 13.9. The van der Waals surface area contributed by atoms with Crippen LogP contribution in [0.15, 0.2) is 18.2 Å². The molecule has 1 heterocycles. The maximum absolute atomic E-state index is 12.2. The molecule has 0 unspecified atom stereocenters. The lowest BCUT2D eigenvalue weighted by molar-refractivity contribution is -0.120. The lowest BCUT2D eigenvalue weighted by atomic mass is 9.97. The molecule has 1 fully saturated rings. The minimum Gasteiger partial charge on any atom is -0.494 e. The van der Waals surface area contributed by atoms with E-state index in [9.17, 15) is 4.79 Å². The zero-order valence-corrected chi connectivity index (χ0v) is 11.8. The maximum Gasteiger partial charge on any atom is 0.229 e. The maximum atomic E-state index is 12.2. The molecule has 4 heteroatoms. The second-order valence-electron chi connectivity index (χ2n) is 5.14. The van der Waals surface area contributed by atoms with Crippen LogP contribution in [0.4, 0.5) is 5.69 Å². The van der Waals surface area contributed by atoms with Crippen molar-refractivity contribution in [3.05, 3.63) is 23.8 Å². The molecule has 104 valence electrons. The van der Waals surface area contributed by atoms with Gasteiger partial charge in [0.25, 0.3) is 0 Å². The van der Waals surface area contributed by atoms with Crippen LogP contribution in [0.25, 0.3) is 0 Å². The number of hydrogen-bond donors (Lipinski definition) is 2. The normalized spacial score (nSPS) is 22.3. The van der Waals surface area contributed by atoms with E-state index in [0.717, 1.165) is 30.1 Å². The molecule has 0 aromatic heterocycles. The molecule has 0 radical (unpaired) electrons. The average Bonchev–Trinajstić information content (AvgIpc) is 2.79. The topological polar surface area (TPSA) is 50.4 Å².